The molecule has 0 bridgehead atoms. The molecule has 0 aliphatic carbocycles. The van der Waals surface area contributed by atoms with Gasteiger partial charge in [0.2, 0.25) is 0 Å². The summed E-state index contributed by atoms with van der Waals surface area (Å²) in [6.45, 7) is 5.60. The number of amides is 1. The van der Waals surface area contributed by atoms with Crippen LogP contribution in [-0.4, -0.2) is 46.7 Å². The molecule has 1 amide bonds. The van der Waals surface area contributed by atoms with E-state index in [9.17, 15) is 9.90 Å². The number of aromatic nitrogens is 2. The number of aryl methyl sites for hydroxylation is 1. The minimum absolute atomic E-state index is 0.164. The highest BCUT2D eigenvalue weighted by molar-refractivity contribution is 5.95. The molecule has 2 aromatic rings. The van der Waals surface area contributed by atoms with Crippen molar-refractivity contribution in [1.82, 2.24) is 15.1 Å². The zero-order chi connectivity index (χ0) is 16.7. The predicted octanol–water partition coefficient (Wildman–Crippen LogP) is 1.70. The van der Waals surface area contributed by atoms with Gasteiger partial charge in [-0.25, -0.2) is 0 Å². The van der Waals surface area contributed by atoms with E-state index in [-0.39, 0.29) is 19.1 Å². The fraction of sp³-hybridized carbons (Fsp3) is 0.412. The van der Waals surface area contributed by atoms with Gasteiger partial charge in [-0.3, -0.25) is 9.48 Å². The van der Waals surface area contributed by atoms with Crippen LogP contribution in [0.1, 0.15) is 24.2 Å². The first-order valence-corrected chi connectivity index (χ1v) is 7.81. The third-order valence-corrected chi connectivity index (χ3v) is 3.43. The van der Waals surface area contributed by atoms with E-state index >= 15 is 0 Å². The standard InChI is InChI=1S/C17H23N3O3/c1-3-20-11-15(9-19-20)13-6-5-7-14(8-13)17(22)18-10-16(21)12-23-4-2/h5-9,11,16,21H,3-4,10,12H2,1-2H3,(H,18,22)/t16-/m1/s1. The number of ether oxygens (including phenoxy) is 1. The molecular formula is C17H23N3O3. The Bertz CT molecular complexity index is 640. The first-order chi connectivity index (χ1) is 11.1. The van der Waals surface area contributed by atoms with Crippen molar-refractivity contribution < 1.29 is 14.6 Å². The summed E-state index contributed by atoms with van der Waals surface area (Å²) in [7, 11) is 0. The summed E-state index contributed by atoms with van der Waals surface area (Å²) in [5.74, 6) is -0.217. The van der Waals surface area contributed by atoms with E-state index in [2.05, 4.69) is 10.4 Å². The van der Waals surface area contributed by atoms with Gasteiger partial charge in [0, 0.05) is 37.0 Å². The summed E-state index contributed by atoms with van der Waals surface area (Å²) >= 11 is 0. The van der Waals surface area contributed by atoms with E-state index in [0.29, 0.717) is 12.2 Å². The Morgan fingerprint density at radius 3 is 2.91 bits per heavy atom. The van der Waals surface area contributed by atoms with E-state index in [1.165, 1.54) is 0 Å². The van der Waals surface area contributed by atoms with Crippen molar-refractivity contribution in [2.45, 2.75) is 26.5 Å². The predicted molar refractivity (Wildman–Crippen MR) is 88.2 cm³/mol. The van der Waals surface area contributed by atoms with Gasteiger partial charge in [-0.15, -0.1) is 0 Å². The van der Waals surface area contributed by atoms with E-state index < -0.39 is 6.10 Å². The molecule has 6 heteroatoms. The lowest BCUT2D eigenvalue weighted by atomic mass is 10.1. The Morgan fingerprint density at radius 1 is 1.39 bits per heavy atom. The molecule has 1 heterocycles. The quantitative estimate of drug-likeness (QED) is 0.777. The molecule has 1 aromatic heterocycles. The molecule has 1 aromatic carbocycles. The lowest BCUT2D eigenvalue weighted by Crippen LogP contribution is -2.34. The first-order valence-electron chi connectivity index (χ1n) is 7.81. The number of nitrogens with zero attached hydrogens (tertiary/aromatic N) is 2. The molecule has 6 nitrogen and oxygen atoms in total. The molecule has 0 spiro atoms. The Labute approximate surface area is 136 Å². The van der Waals surface area contributed by atoms with Crippen LogP contribution in [0.15, 0.2) is 36.7 Å². The number of hydrogen-bond donors (Lipinski definition) is 2. The van der Waals surface area contributed by atoms with E-state index in [1.807, 2.05) is 42.9 Å². The molecule has 0 aliphatic rings. The van der Waals surface area contributed by atoms with Gasteiger partial charge < -0.3 is 15.2 Å². The van der Waals surface area contributed by atoms with Crippen molar-refractivity contribution in [2.75, 3.05) is 19.8 Å². The largest absolute Gasteiger partial charge is 0.389 e. The van der Waals surface area contributed by atoms with Crippen LogP contribution >= 0.6 is 0 Å². The third-order valence-electron chi connectivity index (χ3n) is 3.43. The summed E-state index contributed by atoms with van der Waals surface area (Å²) in [6.07, 6.45) is 3.03. The fourth-order valence-corrected chi connectivity index (χ4v) is 2.15. The van der Waals surface area contributed by atoms with Gasteiger partial charge in [0.15, 0.2) is 0 Å². The van der Waals surface area contributed by atoms with Gasteiger partial charge in [-0.1, -0.05) is 12.1 Å². The van der Waals surface area contributed by atoms with Crippen LogP contribution < -0.4 is 5.32 Å². The monoisotopic (exact) mass is 317 g/mol. The summed E-state index contributed by atoms with van der Waals surface area (Å²) in [4.78, 5) is 12.2. The Balaban J connectivity index is 2.00. The molecule has 0 radical (unpaired) electrons. The lowest BCUT2D eigenvalue weighted by molar-refractivity contribution is 0.0418. The fourth-order valence-electron chi connectivity index (χ4n) is 2.15. The van der Waals surface area contributed by atoms with Gasteiger partial charge in [0.1, 0.15) is 0 Å². The second-order valence-corrected chi connectivity index (χ2v) is 5.19. The average Bonchev–Trinajstić information content (AvgIpc) is 3.07. The van der Waals surface area contributed by atoms with Crippen molar-refractivity contribution >= 4 is 5.91 Å². The zero-order valence-corrected chi connectivity index (χ0v) is 13.5. The highest BCUT2D eigenvalue weighted by Gasteiger charge is 2.10. The number of carbonyl (C=O) groups is 1. The highest BCUT2D eigenvalue weighted by Crippen LogP contribution is 2.19. The summed E-state index contributed by atoms with van der Waals surface area (Å²) < 4.78 is 6.95. The van der Waals surface area contributed by atoms with Gasteiger partial charge in [-0.05, 0) is 31.5 Å². The third kappa shape index (κ3) is 4.91. The maximum absolute atomic E-state index is 12.2. The number of rotatable bonds is 8. The van der Waals surface area contributed by atoms with Gasteiger partial charge in [-0.2, -0.15) is 5.10 Å². The first kappa shape index (κ1) is 17.2. The average molecular weight is 317 g/mol. The number of aliphatic hydroxyl groups excluding tert-OH is 1. The maximum Gasteiger partial charge on any atom is 0.251 e. The smallest absolute Gasteiger partial charge is 0.251 e. The topological polar surface area (TPSA) is 76.4 Å². The van der Waals surface area contributed by atoms with E-state index in [0.717, 1.165) is 17.7 Å². The normalized spacial score (nSPS) is 12.1. The molecule has 2 N–H and O–H groups in total. The summed E-state index contributed by atoms with van der Waals surface area (Å²) in [5.41, 5.74) is 2.46. The molecule has 0 aliphatic heterocycles. The van der Waals surface area contributed by atoms with Crippen molar-refractivity contribution in [1.29, 1.82) is 0 Å². The van der Waals surface area contributed by atoms with Gasteiger partial charge in [0.25, 0.3) is 5.91 Å². The Morgan fingerprint density at radius 2 is 2.22 bits per heavy atom. The van der Waals surface area contributed by atoms with E-state index in [4.69, 9.17) is 4.74 Å². The van der Waals surface area contributed by atoms with Crippen molar-refractivity contribution in [3.63, 3.8) is 0 Å². The Hall–Kier alpha value is -2.18. The Kier molecular flexibility index (Phi) is 6.31. The second kappa shape index (κ2) is 8.45. The molecule has 2 rings (SSSR count). The number of aliphatic hydroxyl groups is 1. The molecule has 23 heavy (non-hydrogen) atoms. The van der Waals surface area contributed by atoms with Gasteiger partial charge in [0.05, 0.1) is 18.9 Å². The molecule has 0 saturated carbocycles. The molecular weight excluding hydrogens is 294 g/mol. The van der Waals surface area contributed by atoms with Crippen LogP contribution in [0.2, 0.25) is 0 Å². The molecule has 124 valence electrons. The summed E-state index contributed by atoms with van der Waals surface area (Å²) in [6, 6.07) is 7.35. The van der Waals surface area contributed by atoms with Crippen molar-refractivity contribution in [3.05, 3.63) is 42.2 Å². The number of nitrogens with one attached hydrogen (secondary N) is 1. The minimum atomic E-state index is -0.704. The zero-order valence-electron chi connectivity index (χ0n) is 13.5. The highest BCUT2D eigenvalue weighted by atomic mass is 16.5. The second-order valence-electron chi connectivity index (χ2n) is 5.19. The van der Waals surface area contributed by atoms with Crippen molar-refractivity contribution in [2.24, 2.45) is 0 Å². The van der Waals surface area contributed by atoms with Gasteiger partial charge >= 0.3 is 0 Å². The SMILES string of the molecule is CCOC[C@H](O)CNC(=O)c1cccc(-c2cnn(CC)c2)c1. The van der Waals surface area contributed by atoms with Crippen LogP contribution in [0, 0.1) is 0 Å². The van der Waals surface area contributed by atoms with Crippen molar-refractivity contribution in [3.8, 4) is 11.1 Å². The molecule has 0 saturated heterocycles. The maximum atomic E-state index is 12.2. The lowest BCUT2D eigenvalue weighted by Gasteiger charge is -2.12. The molecule has 1 atom stereocenters. The molecule has 0 fully saturated rings. The summed E-state index contributed by atoms with van der Waals surface area (Å²) in [5, 5.41) is 16.6. The van der Waals surface area contributed by atoms with E-state index in [1.54, 1.807) is 12.3 Å². The number of benzene rings is 1. The van der Waals surface area contributed by atoms with Crippen LogP contribution in [0.4, 0.5) is 0 Å². The van der Waals surface area contributed by atoms with Crippen LogP contribution in [0.5, 0.6) is 0 Å². The number of hydrogen-bond acceptors (Lipinski definition) is 4. The molecule has 0 unspecified atom stereocenters. The van der Waals surface area contributed by atoms with Crippen LogP contribution in [0.3, 0.4) is 0 Å². The minimum Gasteiger partial charge on any atom is -0.389 e. The van der Waals surface area contributed by atoms with Crippen LogP contribution in [-0.2, 0) is 11.3 Å². The number of carbonyl (C=O) groups excluding carboxylic acids is 1. The van der Waals surface area contributed by atoms with Crippen LogP contribution in [0.25, 0.3) is 11.1 Å².